The van der Waals surface area contributed by atoms with Crippen molar-refractivity contribution in [3.8, 4) is 11.5 Å². The van der Waals surface area contributed by atoms with Crippen LogP contribution in [0.25, 0.3) is 0 Å². The molecule has 0 bridgehead atoms. The number of thiocarbonyl (C=S) groups is 1. The van der Waals surface area contributed by atoms with Crippen LogP contribution in [0, 0.1) is 0 Å². The molecule has 23 heavy (non-hydrogen) atoms. The van der Waals surface area contributed by atoms with E-state index in [1.165, 1.54) is 0 Å². The first-order chi connectivity index (χ1) is 11.2. The molecule has 2 aromatic carbocycles. The number of nitrogens with one attached hydrogen (secondary N) is 2. The van der Waals surface area contributed by atoms with Crippen LogP contribution in [0.3, 0.4) is 0 Å². The maximum Gasteiger partial charge on any atom is 0.191 e. The second kappa shape index (κ2) is 8.75. The van der Waals surface area contributed by atoms with E-state index in [0.29, 0.717) is 11.7 Å². The highest BCUT2D eigenvalue weighted by Gasteiger charge is 1.98. The fourth-order valence-corrected chi connectivity index (χ4v) is 2.01. The largest absolute Gasteiger partial charge is 0.497 e. The number of hydrogen-bond donors (Lipinski definition) is 2. The van der Waals surface area contributed by atoms with Gasteiger partial charge in [0.15, 0.2) is 5.11 Å². The summed E-state index contributed by atoms with van der Waals surface area (Å²) in [6, 6.07) is 15.1. The number of hydrazone groups is 1. The van der Waals surface area contributed by atoms with Crippen LogP contribution < -0.4 is 20.2 Å². The predicted molar refractivity (Wildman–Crippen MR) is 97.6 cm³/mol. The second-order valence-electron chi connectivity index (χ2n) is 4.56. The molecule has 120 valence electrons. The molecule has 5 nitrogen and oxygen atoms in total. The minimum absolute atomic E-state index is 0.403. The zero-order valence-electron chi connectivity index (χ0n) is 13.1. The number of hydrogen-bond acceptors (Lipinski definition) is 4. The Kier molecular flexibility index (Phi) is 6.38. The van der Waals surface area contributed by atoms with E-state index in [2.05, 4.69) is 15.8 Å². The van der Waals surface area contributed by atoms with E-state index in [0.717, 1.165) is 22.7 Å². The van der Waals surface area contributed by atoms with Crippen LogP contribution in [0.5, 0.6) is 11.5 Å². The highest BCUT2D eigenvalue weighted by atomic mass is 32.1. The fraction of sp³-hybridized carbons (Fsp3) is 0.176. The van der Waals surface area contributed by atoms with E-state index in [-0.39, 0.29) is 0 Å². The smallest absolute Gasteiger partial charge is 0.191 e. The van der Waals surface area contributed by atoms with Gasteiger partial charge in [0, 0.05) is 11.8 Å². The molecule has 0 aliphatic carbocycles. The van der Waals surface area contributed by atoms with E-state index >= 15 is 0 Å². The lowest BCUT2D eigenvalue weighted by atomic mass is 10.2. The standard InChI is InChI=1S/C17H19N3O2S/c1-3-22-15-9-7-13(8-10-15)12-18-20-17(23)19-14-5-4-6-16(11-14)21-2/h4-12H,3H2,1-2H3,(H2,19,20,23)/b18-12+. The summed E-state index contributed by atoms with van der Waals surface area (Å²) >= 11 is 5.19. The van der Waals surface area contributed by atoms with Gasteiger partial charge in [-0.1, -0.05) is 6.07 Å². The van der Waals surface area contributed by atoms with Gasteiger partial charge in [0.1, 0.15) is 11.5 Å². The summed E-state index contributed by atoms with van der Waals surface area (Å²) in [6.07, 6.45) is 1.69. The molecule has 0 saturated heterocycles. The molecule has 0 spiro atoms. The number of nitrogens with zero attached hydrogens (tertiary/aromatic N) is 1. The third-order valence-corrected chi connectivity index (χ3v) is 3.09. The van der Waals surface area contributed by atoms with Crippen molar-refractivity contribution in [1.29, 1.82) is 0 Å². The molecule has 0 heterocycles. The van der Waals surface area contributed by atoms with Crippen molar-refractivity contribution >= 4 is 29.2 Å². The average molecular weight is 329 g/mol. The average Bonchev–Trinajstić information content (AvgIpc) is 2.57. The first-order valence-electron chi connectivity index (χ1n) is 7.18. The van der Waals surface area contributed by atoms with Gasteiger partial charge in [-0.2, -0.15) is 5.10 Å². The Morgan fingerprint density at radius 3 is 2.65 bits per heavy atom. The van der Waals surface area contributed by atoms with Gasteiger partial charge < -0.3 is 14.8 Å². The summed E-state index contributed by atoms with van der Waals surface area (Å²) in [5, 5.41) is 7.54. The highest BCUT2D eigenvalue weighted by Crippen LogP contribution is 2.16. The van der Waals surface area contributed by atoms with Crippen molar-refractivity contribution in [2.24, 2.45) is 5.10 Å². The van der Waals surface area contributed by atoms with E-state index in [9.17, 15) is 0 Å². The zero-order valence-corrected chi connectivity index (χ0v) is 13.9. The molecule has 2 rings (SSSR count). The minimum atomic E-state index is 0.403. The third kappa shape index (κ3) is 5.60. The number of rotatable bonds is 6. The van der Waals surface area contributed by atoms with Crippen LogP contribution in [0.15, 0.2) is 53.6 Å². The van der Waals surface area contributed by atoms with E-state index in [1.54, 1.807) is 13.3 Å². The third-order valence-electron chi connectivity index (χ3n) is 2.90. The summed E-state index contributed by atoms with van der Waals surface area (Å²) in [6.45, 7) is 2.61. The SMILES string of the molecule is CCOc1ccc(/C=N/NC(=S)Nc2cccc(OC)c2)cc1. The van der Waals surface area contributed by atoms with Crippen molar-refractivity contribution in [2.45, 2.75) is 6.92 Å². The van der Waals surface area contributed by atoms with Crippen molar-refractivity contribution in [3.63, 3.8) is 0 Å². The Morgan fingerprint density at radius 2 is 1.96 bits per heavy atom. The molecule has 0 aromatic heterocycles. The van der Waals surface area contributed by atoms with Gasteiger partial charge in [0.05, 0.1) is 19.9 Å². The summed E-state index contributed by atoms with van der Waals surface area (Å²) < 4.78 is 10.5. The van der Waals surface area contributed by atoms with Crippen molar-refractivity contribution in [1.82, 2.24) is 5.43 Å². The molecule has 6 heteroatoms. The Labute approximate surface area is 141 Å². The summed E-state index contributed by atoms with van der Waals surface area (Å²) in [4.78, 5) is 0. The molecule has 0 radical (unpaired) electrons. The van der Waals surface area contributed by atoms with Crippen molar-refractivity contribution in [2.75, 3.05) is 19.0 Å². The lowest BCUT2D eigenvalue weighted by Gasteiger charge is -2.08. The van der Waals surface area contributed by atoms with E-state index in [4.69, 9.17) is 21.7 Å². The molecular formula is C17H19N3O2S. The second-order valence-corrected chi connectivity index (χ2v) is 4.97. The molecule has 0 atom stereocenters. The summed E-state index contributed by atoms with van der Waals surface area (Å²) in [5.41, 5.74) is 4.56. The number of anilines is 1. The zero-order chi connectivity index (χ0) is 16.5. The predicted octanol–water partition coefficient (Wildman–Crippen LogP) is 3.41. The first kappa shape index (κ1) is 16.8. The van der Waals surface area contributed by atoms with Crippen LogP contribution in [0.4, 0.5) is 5.69 Å². The molecular weight excluding hydrogens is 310 g/mol. The van der Waals surface area contributed by atoms with Gasteiger partial charge in [0.2, 0.25) is 0 Å². The molecule has 0 amide bonds. The molecule has 0 aliphatic rings. The number of benzene rings is 2. The van der Waals surface area contributed by atoms with E-state index in [1.807, 2.05) is 55.5 Å². The van der Waals surface area contributed by atoms with E-state index < -0.39 is 0 Å². The van der Waals surface area contributed by atoms with Gasteiger partial charge in [-0.05, 0) is 61.1 Å². The first-order valence-corrected chi connectivity index (χ1v) is 7.59. The maximum absolute atomic E-state index is 5.39. The van der Waals surface area contributed by atoms with Gasteiger partial charge in [-0.25, -0.2) is 0 Å². The molecule has 2 N–H and O–H groups in total. The van der Waals surface area contributed by atoms with Crippen molar-refractivity contribution in [3.05, 3.63) is 54.1 Å². The van der Waals surface area contributed by atoms with Crippen LogP contribution in [-0.4, -0.2) is 25.0 Å². The summed E-state index contributed by atoms with van der Waals surface area (Å²) in [7, 11) is 1.62. The fourth-order valence-electron chi connectivity index (χ4n) is 1.84. The molecule has 0 saturated carbocycles. The van der Waals surface area contributed by atoms with Gasteiger partial charge >= 0.3 is 0 Å². The quantitative estimate of drug-likeness (QED) is 0.483. The number of ether oxygens (including phenoxy) is 2. The van der Waals surface area contributed by atoms with Gasteiger partial charge in [0.25, 0.3) is 0 Å². The normalized spacial score (nSPS) is 10.3. The molecule has 0 fully saturated rings. The van der Waals surface area contributed by atoms with Crippen LogP contribution >= 0.6 is 12.2 Å². The van der Waals surface area contributed by atoms with Gasteiger partial charge in [-0.3, -0.25) is 5.43 Å². The number of methoxy groups -OCH3 is 1. The van der Waals surface area contributed by atoms with Crippen LogP contribution in [0.1, 0.15) is 12.5 Å². The summed E-state index contributed by atoms with van der Waals surface area (Å²) in [5.74, 6) is 1.60. The van der Waals surface area contributed by atoms with Crippen LogP contribution in [-0.2, 0) is 0 Å². The Bertz CT molecular complexity index is 672. The monoisotopic (exact) mass is 329 g/mol. The Balaban J connectivity index is 1.85. The minimum Gasteiger partial charge on any atom is -0.497 e. The van der Waals surface area contributed by atoms with Crippen LogP contribution in [0.2, 0.25) is 0 Å². The molecule has 2 aromatic rings. The lowest BCUT2D eigenvalue weighted by Crippen LogP contribution is -2.23. The lowest BCUT2D eigenvalue weighted by molar-refractivity contribution is 0.340. The molecule has 0 unspecified atom stereocenters. The van der Waals surface area contributed by atoms with Gasteiger partial charge in [-0.15, -0.1) is 0 Å². The topological polar surface area (TPSA) is 54.9 Å². The maximum atomic E-state index is 5.39. The Hall–Kier alpha value is -2.60. The highest BCUT2D eigenvalue weighted by molar-refractivity contribution is 7.80. The Morgan fingerprint density at radius 1 is 1.17 bits per heavy atom. The van der Waals surface area contributed by atoms with Crippen molar-refractivity contribution < 1.29 is 9.47 Å². The molecule has 0 aliphatic heterocycles.